The highest BCUT2D eigenvalue weighted by molar-refractivity contribution is 5.96. The Bertz CT molecular complexity index is 486. The summed E-state index contributed by atoms with van der Waals surface area (Å²) in [6.07, 6.45) is 0.736. The second-order valence-corrected chi connectivity index (χ2v) is 5.60. The van der Waals surface area contributed by atoms with Crippen molar-refractivity contribution in [3.8, 4) is 0 Å². The van der Waals surface area contributed by atoms with E-state index in [1.165, 1.54) is 4.90 Å². The number of nitrogens with two attached hydrogens (primary N) is 1. The van der Waals surface area contributed by atoms with Crippen molar-refractivity contribution in [3.05, 3.63) is 35.4 Å². The van der Waals surface area contributed by atoms with Crippen LogP contribution in [0.3, 0.4) is 0 Å². The smallest absolute Gasteiger partial charge is 0.254 e. The van der Waals surface area contributed by atoms with E-state index in [0.717, 1.165) is 12.0 Å². The van der Waals surface area contributed by atoms with E-state index < -0.39 is 0 Å². The fraction of sp³-hybridized carbons (Fsp3) is 0.500. The van der Waals surface area contributed by atoms with E-state index in [9.17, 15) is 9.59 Å². The fourth-order valence-corrected chi connectivity index (χ4v) is 1.91. The molecule has 2 amide bonds. The Kier molecular flexibility index (Phi) is 6.88. The first-order valence-corrected chi connectivity index (χ1v) is 7.25. The molecule has 116 valence electrons. The van der Waals surface area contributed by atoms with Crippen LogP contribution >= 0.6 is 0 Å². The maximum absolute atomic E-state index is 12.3. The molecule has 1 aromatic rings. The van der Waals surface area contributed by atoms with Crippen LogP contribution in [0.15, 0.2) is 24.3 Å². The summed E-state index contributed by atoms with van der Waals surface area (Å²) in [7, 11) is 1.63. The molecule has 0 bridgehead atoms. The molecule has 0 heterocycles. The van der Waals surface area contributed by atoms with E-state index in [4.69, 9.17) is 5.73 Å². The molecule has 0 unspecified atom stereocenters. The van der Waals surface area contributed by atoms with Gasteiger partial charge in [0.2, 0.25) is 5.91 Å². The summed E-state index contributed by atoms with van der Waals surface area (Å²) in [4.78, 5) is 25.5. The van der Waals surface area contributed by atoms with Gasteiger partial charge < -0.3 is 16.0 Å². The maximum atomic E-state index is 12.3. The van der Waals surface area contributed by atoms with Gasteiger partial charge in [0.1, 0.15) is 0 Å². The molecule has 0 spiro atoms. The monoisotopic (exact) mass is 291 g/mol. The highest BCUT2D eigenvalue weighted by atomic mass is 16.2. The van der Waals surface area contributed by atoms with E-state index in [1.807, 2.05) is 32.0 Å². The minimum absolute atomic E-state index is 0.0622. The molecular formula is C16H25N3O2. The number of likely N-dealkylation sites (N-methyl/N-ethyl adjacent to an activating group) is 1. The van der Waals surface area contributed by atoms with Gasteiger partial charge in [-0.2, -0.15) is 0 Å². The summed E-state index contributed by atoms with van der Waals surface area (Å²) in [6.45, 7) is 5.28. The predicted molar refractivity (Wildman–Crippen MR) is 84.0 cm³/mol. The molecule has 0 aliphatic heterocycles. The summed E-state index contributed by atoms with van der Waals surface area (Å²) < 4.78 is 0. The van der Waals surface area contributed by atoms with Crippen LogP contribution in [-0.2, 0) is 11.2 Å². The molecule has 0 aliphatic carbocycles. The zero-order chi connectivity index (χ0) is 15.8. The van der Waals surface area contributed by atoms with Gasteiger partial charge in [-0.15, -0.1) is 0 Å². The molecule has 0 aliphatic rings. The molecule has 0 atom stereocenters. The van der Waals surface area contributed by atoms with Crippen molar-refractivity contribution < 1.29 is 9.59 Å². The van der Waals surface area contributed by atoms with Crippen LogP contribution in [0.4, 0.5) is 0 Å². The Morgan fingerprint density at radius 1 is 1.33 bits per heavy atom. The van der Waals surface area contributed by atoms with Crippen LogP contribution in [0.2, 0.25) is 0 Å². The normalized spacial score (nSPS) is 10.5. The fourth-order valence-electron chi connectivity index (χ4n) is 1.91. The molecule has 5 nitrogen and oxygen atoms in total. The third kappa shape index (κ3) is 5.95. The number of carbonyl (C=O) groups is 2. The topological polar surface area (TPSA) is 75.4 Å². The van der Waals surface area contributed by atoms with Crippen molar-refractivity contribution in [2.45, 2.75) is 20.3 Å². The number of carbonyl (C=O) groups excluding carboxylic acids is 2. The van der Waals surface area contributed by atoms with Gasteiger partial charge in [-0.1, -0.05) is 26.0 Å². The Hall–Kier alpha value is -1.88. The standard InChI is InChI=1S/C16H25N3O2/c1-12(2)10-18-15(20)11-19(3)16(21)14-6-4-5-13(9-14)7-8-17/h4-6,9,12H,7-8,10-11,17H2,1-3H3,(H,18,20). The van der Waals surface area contributed by atoms with Crippen LogP contribution in [0.25, 0.3) is 0 Å². The summed E-state index contributed by atoms with van der Waals surface area (Å²) in [5, 5.41) is 2.80. The quantitative estimate of drug-likeness (QED) is 0.788. The van der Waals surface area contributed by atoms with Gasteiger partial charge in [0, 0.05) is 19.2 Å². The van der Waals surface area contributed by atoms with E-state index >= 15 is 0 Å². The molecule has 3 N–H and O–H groups in total. The third-order valence-electron chi connectivity index (χ3n) is 3.04. The van der Waals surface area contributed by atoms with Gasteiger partial charge >= 0.3 is 0 Å². The van der Waals surface area contributed by atoms with Crippen molar-refractivity contribution in [2.24, 2.45) is 11.7 Å². The number of nitrogens with one attached hydrogen (secondary N) is 1. The predicted octanol–water partition coefficient (Wildman–Crippen LogP) is 1.03. The molecular weight excluding hydrogens is 266 g/mol. The molecule has 0 fully saturated rings. The highest BCUT2D eigenvalue weighted by Gasteiger charge is 2.15. The second-order valence-electron chi connectivity index (χ2n) is 5.60. The van der Waals surface area contributed by atoms with Crippen LogP contribution in [0.1, 0.15) is 29.8 Å². The minimum atomic E-state index is -0.159. The summed E-state index contributed by atoms with van der Waals surface area (Å²) in [5.74, 6) is 0.0918. The lowest BCUT2D eigenvalue weighted by Gasteiger charge is -2.17. The van der Waals surface area contributed by atoms with Crippen molar-refractivity contribution in [1.29, 1.82) is 0 Å². The Morgan fingerprint density at radius 2 is 2.05 bits per heavy atom. The molecule has 5 heteroatoms. The third-order valence-corrected chi connectivity index (χ3v) is 3.04. The summed E-state index contributed by atoms with van der Waals surface area (Å²) in [6, 6.07) is 7.37. The SMILES string of the molecule is CC(C)CNC(=O)CN(C)C(=O)c1cccc(CCN)c1. The average Bonchev–Trinajstić information content (AvgIpc) is 2.45. The molecule has 0 aromatic heterocycles. The minimum Gasteiger partial charge on any atom is -0.354 e. The highest BCUT2D eigenvalue weighted by Crippen LogP contribution is 2.08. The van der Waals surface area contributed by atoms with Gasteiger partial charge in [-0.25, -0.2) is 0 Å². The molecule has 0 radical (unpaired) electrons. The van der Waals surface area contributed by atoms with Crippen LogP contribution in [0.5, 0.6) is 0 Å². The van der Waals surface area contributed by atoms with Gasteiger partial charge in [-0.05, 0) is 36.6 Å². The van der Waals surface area contributed by atoms with Crippen LogP contribution < -0.4 is 11.1 Å². The molecule has 1 aromatic carbocycles. The first kappa shape index (κ1) is 17.2. The first-order valence-electron chi connectivity index (χ1n) is 7.25. The lowest BCUT2D eigenvalue weighted by Crippen LogP contribution is -2.39. The number of hydrogen-bond donors (Lipinski definition) is 2. The Balaban J connectivity index is 2.61. The van der Waals surface area contributed by atoms with Gasteiger partial charge in [-0.3, -0.25) is 9.59 Å². The zero-order valence-corrected chi connectivity index (χ0v) is 13.1. The van der Waals surface area contributed by atoms with E-state index in [0.29, 0.717) is 24.6 Å². The van der Waals surface area contributed by atoms with E-state index in [-0.39, 0.29) is 18.4 Å². The van der Waals surface area contributed by atoms with Gasteiger partial charge in [0.05, 0.1) is 6.54 Å². The van der Waals surface area contributed by atoms with Crippen molar-refractivity contribution >= 4 is 11.8 Å². The summed E-state index contributed by atoms with van der Waals surface area (Å²) >= 11 is 0. The first-order chi connectivity index (χ1) is 9.93. The average molecular weight is 291 g/mol. The summed E-state index contributed by atoms with van der Waals surface area (Å²) in [5.41, 5.74) is 7.13. The van der Waals surface area contributed by atoms with Gasteiger partial charge in [0.25, 0.3) is 5.91 Å². The van der Waals surface area contributed by atoms with E-state index in [2.05, 4.69) is 5.32 Å². The number of amides is 2. The lowest BCUT2D eigenvalue weighted by molar-refractivity contribution is -0.121. The molecule has 0 saturated heterocycles. The number of hydrogen-bond acceptors (Lipinski definition) is 3. The van der Waals surface area contributed by atoms with E-state index in [1.54, 1.807) is 13.1 Å². The molecule has 1 rings (SSSR count). The second kappa shape index (κ2) is 8.42. The van der Waals surface area contributed by atoms with Crippen molar-refractivity contribution in [3.63, 3.8) is 0 Å². The van der Waals surface area contributed by atoms with Crippen molar-refractivity contribution in [1.82, 2.24) is 10.2 Å². The zero-order valence-electron chi connectivity index (χ0n) is 13.1. The largest absolute Gasteiger partial charge is 0.354 e. The van der Waals surface area contributed by atoms with Gasteiger partial charge in [0.15, 0.2) is 0 Å². The molecule has 0 saturated carbocycles. The number of benzene rings is 1. The Labute approximate surface area is 126 Å². The maximum Gasteiger partial charge on any atom is 0.254 e. The Morgan fingerprint density at radius 3 is 2.67 bits per heavy atom. The van der Waals surface area contributed by atoms with Crippen LogP contribution in [0, 0.1) is 5.92 Å². The number of rotatable bonds is 7. The lowest BCUT2D eigenvalue weighted by atomic mass is 10.1. The van der Waals surface area contributed by atoms with Crippen molar-refractivity contribution in [2.75, 3.05) is 26.7 Å². The molecule has 21 heavy (non-hydrogen) atoms. The van der Waals surface area contributed by atoms with Crippen LogP contribution in [-0.4, -0.2) is 43.4 Å². The number of nitrogens with zero attached hydrogens (tertiary/aromatic N) is 1.